The van der Waals surface area contributed by atoms with Gasteiger partial charge in [0.1, 0.15) is 5.82 Å². The summed E-state index contributed by atoms with van der Waals surface area (Å²) in [4.78, 5) is 19.8. The van der Waals surface area contributed by atoms with Gasteiger partial charge in [0.2, 0.25) is 11.9 Å². The standard InChI is InChI=1S/C12H21N5O2/c1-3-5-14-12-15-6-4-10(17-12)16-9-11(18)13-7-8-19-2/h4,6H,3,5,7-9H2,1-2H3,(H,13,18)(H2,14,15,16,17). The van der Waals surface area contributed by atoms with Crippen molar-refractivity contribution in [3.05, 3.63) is 12.3 Å². The molecule has 1 aromatic heterocycles. The highest BCUT2D eigenvalue weighted by molar-refractivity contribution is 5.80. The van der Waals surface area contributed by atoms with Crippen LogP contribution in [0.1, 0.15) is 13.3 Å². The van der Waals surface area contributed by atoms with Crippen molar-refractivity contribution in [3.63, 3.8) is 0 Å². The highest BCUT2D eigenvalue weighted by Gasteiger charge is 2.02. The molecule has 19 heavy (non-hydrogen) atoms. The molecule has 1 aromatic rings. The Labute approximate surface area is 113 Å². The fourth-order valence-corrected chi connectivity index (χ4v) is 1.30. The lowest BCUT2D eigenvalue weighted by atomic mass is 10.5. The Morgan fingerprint density at radius 2 is 2.21 bits per heavy atom. The minimum atomic E-state index is -0.0984. The molecule has 0 saturated carbocycles. The van der Waals surface area contributed by atoms with Crippen LogP contribution in [0.4, 0.5) is 11.8 Å². The monoisotopic (exact) mass is 267 g/mol. The van der Waals surface area contributed by atoms with Crippen molar-refractivity contribution >= 4 is 17.7 Å². The van der Waals surface area contributed by atoms with Crippen LogP contribution in [0.25, 0.3) is 0 Å². The first-order chi connectivity index (χ1) is 9.26. The van der Waals surface area contributed by atoms with Gasteiger partial charge in [-0.15, -0.1) is 0 Å². The second-order valence-corrected chi connectivity index (χ2v) is 3.89. The Kier molecular flexibility index (Phi) is 7.26. The van der Waals surface area contributed by atoms with Gasteiger partial charge in [0.05, 0.1) is 13.2 Å². The molecular formula is C12H21N5O2. The molecule has 0 radical (unpaired) electrons. The van der Waals surface area contributed by atoms with Gasteiger partial charge in [0.15, 0.2) is 0 Å². The van der Waals surface area contributed by atoms with E-state index in [2.05, 4.69) is 32.8 Å². The summed E-state index contributed by atoms with van der Waals surface area (Å²) in [6, 6.07) is 1.72. The quantitative estimate of drug-likeness (QED) is 0.564. The number of methoxy groups -OCH3 is 1. The summed E-state index contributed by atoms with van der Waals surface area (Å²) in [6.07, 6.45) is 2.65. The van der Waals surface area contributed by atoms with Gasteiger partial charge >= 0.3 is 0 Å². The van der Waals surface area contributed by atoms with Crippen molar-refractivity contribution < 1.29 is 9.53 Å². The SMILES string of the molecule is CCCNc1nccc(NCC(=O)NCCOC)n1. The molecule has 0 bridgehead atoms. The van der Waals surface area contributed by atoms with E-state index in [0.717, 1.165) is 13.0 Å². The second kappa shape index (κ2) is 9.09. The zero-order chi connectivity index (χ0) is 13.9. The molecule has 0 saturated heterocycles. The normalized spacial score (nSPS) is 10.0. The van der Waals surface area contributed by atoms with E-state index in [-0.39, 0.29) is 12.5 Å². The molecule has 0 spiro atoms. The van der Waals surface area contributed by atoms with E-state index < -0.39 is 0 Å². The summed E-state index contributed by atoms with van der Waals surface area (Å²) in [5.41, 5.74) is 0. The smallest absolute Gasteiger partial charge is 0.239 e. The Morgan fingerprint density at radius 3 is 2.95 bits per heavy atom. The van der Waals surface area contributed by atoms with Gasteiger partial charge in [-0.2, -0.15) is 4.98 Å². The van der Waals surface area contributed by atoms with Crippen molar-refractivity contribution in [2.24, 2.45) is 0 Å². The first-order valence-corrected chi connectivity index (χ1v) is 6.32. The molecule has 0 atom stereocenters. The minimum Gasteiger partial charge on any atom is -0.383 e. The van der Waals surface area contributed by atoms with Crippen LogP contribution in [0, 0.1) is 0 Å². The Balaban J connectivity index is 2.33. The maximum atomic E-state index is 11.5. The van der Waals surface area contributed by atoms with Crippen LogP contribution in [0.15, 0.2) is 12.3 Å². The third kappa shape index (κ3) is 6.56. The Morgan fingerprint density at radius 1 is 1.37 bits per heavy atom. The van der Waals surface area contributed by atoms with Crippen LogP contribution in [0.2, 0.25) is 0 Å². The molecule has 0 aliphatic carbocycles. The molecule has 106 valence electrons. The first kappa shape index (κ1) is 15.2. The number of anilines is 2. The number of hydrogen-bond donors (Lipinski definition) is 3. The molecule has 1 heterocycles. The van der Waals surface area contributed by atoms with E-state index in [1.165, 1.54) is 0 Å². The number of rotatable bonds is 9. The number of nitrogens with zero attached hydrogens (tertiary/aromatic N) is 2. The van der Waals surface area contributed by atoms with Crippen molar-refractivity contribution in [1.29, 1.82) is 0 Å². The van der Waals surface area contributed by atoms with Crippen molar-refractivity contribution in [3.8, 4) is 0 Å². The zero-order valence-electron chi connectivity index (χ0n) is 11.4. The lowest BCUT2D eigenvalue weighted by Gasteiger charge is -2.08. The summed E-state index contributed by atoms with van der Waals surface area (Å²) in [7, 11) is 1.59. The van der Waals surface area contributed by atoms with Crippen LogP contribution in [-0.2, 0) is 9.53 Å². The number of hydrogen-bond acceptors (Lipinski definition) is 6. The highest BCUT2D eigenvalue weighted by Crippen LogP contribution is 2.04. The molecule has 0 aliphatic rings. The lowest BCUT2D eigenvalue weighted by molar-refractivity contribution is -0.119. The predicted molar refractivity (Wildman–Crippen MR) is 74.2 cm³/mol. The number of aromatic nitrogens is 2. The minimum absolute atomic E-state index is 0.0984. The maximum absolute atomic E-state index is 11.5. The van der Waals surface area contributed by atoms with E-state index in [1.54, 1.807) is 19.4 Å². The molecule has 1 rings (SSSR count). The molecule has 7 heteroatoms. The average Bonchev–Trinajstić information content (AvgIpc) is 2.44. The van der Waals surface area contributed by atoms with Gasteiger partial charge in [-0.3, -0.25) is 4.79 Å². The molecule has 1 amide bonds. The molecular weight excluding hydrogens is 246 g/mol. The Bertz CT molecular complexity index is 386. The van der Waals surface area contributed by atoms with Crippen molar-refractivity contribution in [1.82, 2.24) is 15.3 Å². The first-order valence-electron chi connectivity index (χ1n) is 6.32. The van der Waals surface area contributed by atoms with E-state index in [4.69, 9.17) is 4.74 Å². The third-order valence-electron chi connectivity index (χ3n) is 2.25. The molecule has 7 nitrogen and oxygen atoms in total. The average molecular weight is 267 g/mol. The van der Waals surface area contributed by atoms with Crippen molar-refractivity contribution in [2.75, 3.05) is 44.0 Å². The van der Waals surface area contributed by atoms with Crippen LogP contribution in [0.5, 0.6) is 0 Å². The molecule has 0 fully saturated rings. The number of carbonyl (C=O) groups excluding carboxylic acids is 1. The summed E-state index contributed by atoms with van der Waals surface area (Å²) < 4.78 is 4.84. The van der Waals surface area contributed by atoms with Gasteiger partial charge in [-0.25, -0.2) is 4.98 Å². The van der Waals surface area contributed by atoms with Crippen LogP contribution < -0.4 is 16.0 Å². The summed E-state index contributed by atoms with van der Waals surface area (Å²) in [6.45, 7) is 4.07. The van der Waals surface area contributed by atoms with Gasteiger partial charge in [0.25, 0.3) is 0 Å². The largest absolute Gasteiger partial charge is 0.383 e. The predicted octanol–water partition coefficient (Wildman–Crippen LogP) is 0.473. The van der Waals surface area contributed by atoms with Crippen LogP contribution in [0.3, 0.4) is 0 Å². The summed E-state index contributed by atoms with van der Waals surface area (Å²) in [5.74, 6) is 1.08. The van der Waals surface area contributed by atoms with Crippen LogP contribution >= 0.6 is 0 Å². The lowest BCUT2D eigenvalue weighted by Crippen LogP contribution is -2.32. The Hall–Kier alpha value is -1.89. The highest BCUT2D eigenvalue weighted by atomic mass is 16.5. The fraction of sp³-hybridized carbons (Fsp3) is 0.583. The van der Waals surface area contributed by atoms with E-state index in [9.17, 15) is 4.79 Å². The maximum Gasteiger partial charge on any atom is 0.239 e. The van der Waals surface area contributed by atoms with E-state index >= 15 is 0 Å². The van der Waals surface area contributed by atoms with Crippen molar-refractivity contribution in [2.45, 2.75) is 13.3 Å². The number of carbonyl (C=O) groups is 1. The van der Waals surface area contributed by atoms with Crippen LogP contribution in [-0.4, -0.2) is 49.2 Å². The fourth-order valence-electron chi connectivity index (χ4n) is 1.30. The van der Waals surface area contributed by atoms with Gasteiger partial charge in [-0.1, -0.05) is 6.92 Å². The molecule has 0 aromatic carbocycles. The number of ether oxygens (including phenoxy) is 1. The van der Waals surface area contributed by atoms with E-state index in [1.807, 2.05) is 0 Å². The number of nitrogens with one attached hydrogen (secondary N) is 3. The topological polar surface area (TPSA) is 88.2 Å². The van der Waals surface area contributed by atoms with E-state index in [0.29, 0.717) is 24.9 Å². The summed E-state index contributed by atoms with van der Waals surface area (Å²) >= 11 is 0. The van der Waals surface area contributed by atoms with Gasteiger partial charge in [0, 0.05) is 26.4 Å². The zero-order valence-corrected chi connectivity index (χ0v) is 11.4. The molecule has 3 N–H and O–H groups in total. The molecule has 0 aliphatic heterocycles. The third-order valence-corrected chi connectivity index (χ3v) is 2.25. The van der Waals surface area contributed by atoms with Gasteiger partial charge in [-0.05, 0) is 12.5 Å². The second-order valence-electron chi connectivity index (χ2n) is 3.89. The van der Waals surface area contributed by atoms with Gasteiger partial charge < -0.3 is 20.7 Å². The number of amides is 1. The summed E-state index contributed by atoms with van der Waals surface area (Å²) in [5, 5.41) is 8.75. The molecule has 0 unspecified atom stereocenters.